The lowest BCUT2D eigenvalue weighted by molar-refractivity contribution is -0.128. The Labute approximate surface area is 291 Å². The molecule has 1 aromatic carbocycles. The number of likely N-dealkylation sites (N-methyl/N-ethyl adjacent to an activating group) is 1. The number of carbonyl (C=O) groups is 1. The van der Waals surface area contributed by atoms with Gasteiger partial charge in [0.2, 0.25) is 5.91 Å². The van der Waals surface area contributed by atoms with E-state index in [1.165, 1.54) is 16.7 Å². The number of rotatable bonds is 5. The molecule has 2 aromatic heterocycles. The van der Waals surface area contributed by atoms with Gasteiger partial charge in [0, 0.05) is 38.1 Å². The zero-order valence-electron chi connectivity index (χ0n) is 26.2. The molecule has 9 nitrogen and oxygen atoms in total. The van der Waals surface area contributed by atoms with Crippen LogP contribution in [0.25, 0.3) is 28.0 Å². The lowest BCUT2D eigenvalue weighted by Crippen LogP contribution is -2.54. The van der Waals surface area contributed by atoms with Gasteiger partial charge in [-0.3, -0.25) is 14.2 Å². The fourth-order valence-corrected chi connectivity index (χ4v) is 7.38. The van der Waals surface area contributed by atoms with Crippen molar-refractivity contribution in [1.29, 1.82) is 5.26 Å². The van der Waals surface area contributed by atoms with Crippen LogP contribution in [0.5, 0.6) is 5.75 Å². The highest BCUT2D eigenvalue weighted by Crippen LogP contribution is 2.48. The van der Waals surface area contributed by atoms with E-state index >= 15 is 4.39 Å². The van der Waals surface area contributed by atoms with Gasteiger partial charge in [0.1, 0.15) is 22.3 Å². The molecule has 1 unspecified atom stereocenters. The average molecular weight is 720 g/mol. The number of aromatic nitrogens is 2. The Kier molecular flexibility index (Phi) is 9.59. The topological polar surface area (TPSA) is 106 Å². The summed E-state index contributed by atoms with van der Waals surface area (Å²) in [5, 5.41) is 19.8. The van der Waals surface area contributed by atoms with E-state index in [1.54, 1.807) is 4.90 Å². The molecule has 1 N–H and O–H groups in total. The molecular formula is C33H31Cl4FN6O3. The zero-order valence-corrected chi connectivity index (χ0v) is 29.2. The number of amides is 1. The highest BCUT2D eigenvalue weighted by Gasteiger charge is 2.35. The second-order valence-corrected chi connectivity index (χ2v) is 13.5. The normalized spacial score (nSPS) is 18.4. The molecule has 2 aliphatic rings. The summed E-state index contributed by atoms with van der Waals surface area (Å²) < 4.78 is 17.1. The molecule has 0 bridgehead atoms. The van der Waals surface area contributed by atoms with Crippen LogP contribution in [0.3, 0.4) is 0 Å². The lowest BCUT2D eigenvalue weighted by Gasteiger charge is -2.41. The third-order valence-corrected chi connectivity index (χ3v) is 10.1. The van der Waals surface area contributed by atoms with E-state index in [4.69, 9.17) is 51.4 Å². The fraction of sp³-hybridized carbons (Fsp3) is 0.333. The SMILES string of the molecule is C=CC(=O)N1CCN(c2c(C#N)c(=O)n(C3=C(C)C=CN(C)C3C(C)C)c3nc(-c4c(F)c(Cl)c(Cl)c(O)c4Cl)c(Cl)cc23)C[C@H]1C. The molecule has 5 rings (SSSR count). The van der Waals surface area contributed by atoms with Crippen LogP contribution >= 0.6 is 46.4 Å². The minimum atomic E-state index is -1.07. The van der Waals surface area contributed by atoms with Crippen molar-refractivity contribution in [3.8, 4) is 23.1 Å². The molecule has 2 aliphatic heterocycles. The van der Waals surface area contributed by atoms with Gasteiger partial charge < -0.3 is 19.8 Å². The largest absolute Gasteiger partial charge is 0.505 e. The van der Waals surface area contributed by atoms with Gasteiger partial charge in [-0.15, -0.1) is 0 Å². The van der Waals surface area contributed by atoms with Crippen LogP contribution in [0, 0.1) is 23.1 Å². The number of phenolic OH excluding ortho intramolecular Hbond substituents is 1. The molecule has 1 saturated heterocycles. The maximum Gasteiger partial charge on any atom is 0.276 e. The summed E-state index contributed by atoms with van der Waals surface area (Å²) in [4.78, 5) is 37.4. The monoisotopic (exact) mass is 718 g/mol. The number of pyridine rings is 2. The standard InChI is InChI=1S/C33H31Cl4FN6O3/c1-7-21(45)43-11-10-42(14-17(43)5)30-18-12-20(34)27(22-23(35)31(46)25(37)24(36)26(22)38)40-32(18)44(33(47)19(30)13-39)29-16(4)8-9-41(6)28(29)15(2)3/h7-9,12,15,17,28,46H,1,10-11,14H2,2-6H3/t17-,28?/m1/s1. The number of benzene rings is 1. The summed E-state index contributed by atoms with van der Waals surface area (Å²) in [6.45, 7) is 12.2. The first-order valence-corrected chi connectivity index (χ1v) is 16.2. The summed E-state index contributed by atoms with van der Waals surface area (Å²) in [6.07, 6.45) is 5.01. The Morgan fingerprint density at radius 3 is 2.49 bits per heavy atom. The van der Waals surface area contributed by atoms with E-state index in [2.05, 4.69) is 12.6 Å². The molecule has 2 atom stereocenters. The summed E-state index contributed by atoms with van der Waals surface area (Å²) >= 11 is 25.4. The van der Waals surface area contributed by atoms with Crippen molar-refractivity contribution in [2.75, 3.05) is 31.6 Å². The van der Waals surface area contributed by atoms with Crippen LogP contribution in [-0.4, -0.2) is 69.1 Å². The number of carbonyl (C=O) groups excluding carboxylic acids is 1. The summed E-state index contributed by atoms with van der Waals surface area (Å²) in [6, 6.07) is 3.01. The van der Waals surface area contributed by atoms with Crippen molar-refractivity contribution in [1.82, 2.24) is 19.4 Å². The number of halogens is 5. The quantitative estimate of drug-likeness (QED) is 0.167. The first kappa shape index (κ1) is 34.6. The highest BCUT2D eigenvalue weighted by molar-refractivity contribution is 6.46. The van der Waals surface area contributed by atoms with Gasteiger partial charge in [-0.1, -0.05) is 66.8 Å². The number of aromatic hydroxyl groups is 1. The molecule has 1 fully saturated rings. The maximum absolute atomic E-state index is 15.8. The van der Waals surface area contributed by atoms with Gasteiger partial charge in [0.25, 0.3) is 5.56 Å². The van der Waals surface area contributed by atoms with E-state index in [-0.39, 0.29) is 58.1 Å². The predicted octanol–water partition coefficient (Wildman–Crippen LogP) is 7.33. The van der Waals surface area contributed by atoms with E-state index in [0.717, 1.165) is 5.57 Å². The second-order valence-electron chi connectivity index (χ2n) is 11.9. The molecule has 14 heteroatoms. The molecule has 0 spiro atoms. The molecule has 4 heterocycles. The van der Waals surface area contributed by atoms with Crippen LogP contribution in [0.15, 0.2) is 41.4 Å². The van der Waals surface area contributed by atoms with E-state index in [9.17, 15) is 20.0 Å². The third-order valence-electron chi connectivity index (χ3n) is 8.62. The molecule has 1 amide bonds. The third kappa shape index (κ3) is 5.63. The van der Waals surface area contributed by atoms with Crippen LogP contribution < -0.4 is 10.5 Å². The second kappa shape index (κ2) is 13.0. The number of phenols is 1. The van der Waals surface area contributed by atoms with Gasteiger partial charge >= 0.3 is 0 Å². The summed E-state index contributed by atoms with van der Waals surface area (Å²) in [7, 11) is 1.88. The highest BCUT2D eigenvalue weighted by atomic mass is 35.5. The number of anilines is 1. The van der Waals surface area contributed by atoms with Crippen LogP contribution in [0.1, 0.15) is 33.3 Å². The number of fused-ring (bicyclic) bond motifs is 1. The van der Waals surface area contributed by atoms with Crippen molar-refractivity contribution >= 4 is 74.7 Å². The first-order chi connectivity index (χ1) is 22.2. The Morgan fingerprint density at radius 1 is 1.21 bits per heavy atom. The van der Waals surface area contributed by atoms with Crippen molar-refractivity contribution in [3.05, 3.63) is 78.4 Å². The van der Waals surface area contributed by atoms with Gasteiger partial charge in [0.05, 0.1) is 43.8 Å². The lowest BCUT2D eigenvalue weighted by atomic mass is 9.93. The minimum Gasteiger partial charge on any atom is -0.505 e. The molecule has 0 saturated carbocycles. The van der Waals surface area contributed by atoms with Crippen LogP contribution in [0.4, 0.5) is 10.1 Å². The Morgan fingerprint density at radius 2 is 1.89 bits per heavy atom. The first-order valence-electron chi connectivity index (χ1n) is 14.7. The predicted molar refractivity (Wildman–Crippen MR) is 186 cm³/mol. The number of hydrogen-bond donors (Lipinski definition) is 1. The molecule has 3 aromatic rings. The van der Waals surface area contributed by atoms with Gasteiger partial charge in [-0.2, -0.15) is 5.26 Å². The number of hydrogen-bond acceptors (Lipinski definition) is 7. The molecule has 246 valence electrons. The number of nitrogens with zero attached hydrogens (tertiary/aromatic N) is 6. The van der Waals surface area contributed by atoms with Crippen LogP contribution in [-0.2, 0) is 4.79 Å². The summed E-state index contributed by atoms with van der Waals surface area (Å²) in [5.74, 6) is -1.95. The van der Waals surface area contributed by atoms with Crippen molar-refractivity contribution in [2.45, 2.75) is 39.8 Å². The molecule has 0 radical (unpaired) electrons. The molecule has 47 heavy (non-hydrogen) atoms. The minimum absolute atomic E-state index is 0.00376. The number of piperazine rings is 1. The molecule has 0 aliphatic carbocycles. The van der Waals surface area contributed by atoms with E-state index < -0.39 is 37.8 Å². The van der Waals surface area contributed by atoms with E-state index in [0.29, 0.717) is 24.2 Å². The van der Waals surface area contributed by atoms with Crippen LogP contribution in [0.2, 0.25) is 20.1 Å². The summed E-state index contributed by atoms with van der Waals surface area (Å²) in [5.41, 5.74) is 0.287. The Hall–Kier alpha value is -3.75. The zero-order chi connectivity index (χ0) is 34.6. The van der Waals surface area contributed by atoms with Crippen molar-refractivity contribution in [3.63, 3.8) is 0 Å². The van der Waals surface area contributed by atoms with E-state index in [1.807, 2.05) is 56.8 Å². The average Bonchev–Trinajstić information content (AvgIpc) is 3.03. The Balaban J connectivity index is 1.92. The van der Waals surface area contributed by atoms with Gasteiger partial charge in [-0.05, 0) is 49.8 Å². The maximum atomic E-state index is 15.8. The number of allylic oxidation sites excluding steroid dienone is 2. The van der Waals surface area contributed by atoms with Gasteiger partial charge in [-0.25, -0.2) is 9.37 Å². The fourth-order valence-electron chi connectivity index (χ4n) is 6.46. The van der Waals surface area contributed by atoms with Crippen molar-refractivity contribution in [2.24, 2.45) is 5.92 Å². The Bertz CT molecular complexity index is 1990. The number of nitriles is 1. The molecular weight excluding hydrogens is 689 g/mol. The smallest absolute Gasteiger partial charge is 0.276 e. The van der Waals surface area contributed by atoms with Crippen molar-refractivity contribution < 1.29 is 14.3 Å². The van der Waals surface area contributed by atoms with Gasteiger partial charge in [0.15, 0.2) is 11.6 Å².